The Hall–Kier alpha value is -2.79. The van der Waals surface area contributed by atoms with E-state index in [1.807, 2.05) is 32.4 Å². The van der Waals surface area contributed by atoms with E-state index in [1.54, 1.807) is 7.05 Å². The van der Waals surface area contributed by atoms with Crippen LogP contribution < -0.4 is 20.1 Å². The first-order valence-electron chi connectivity index (χ1n) is 9.81. The van der Waals surface area contributed by atoms with E-state index in [0.29, 0.717) is 30.0 Å². The molecule has 0 unspecified atom stereocenters. The Morgan fingerprint density at radius 1 is 1.10 bits per heavy atom. The molecule has 0 fully saturated rings. The Bertz CT molecular complexity index is 982. The zero-order valence-corrected chi connectivity index (χ0v) is 19.0. The summed E-state index contributed by atoms with van der Waals surface area (Å²) in [5.41, 5.74) is 1.54. The van der Waals surface area contributed by atoms with Gasteiger partial charge in [0.05, 0.1) is 12.4 Å². The van der Waals surface area contributed by atoms with Crippen LogP contribution in [0.3, 0.4) is 0 Å². The van der Waals surface area contributed by atoms with Crippen molar-refractivity contribution >= 4 is 21.7 Å². The molecule has 1 aromatic carbocycles. The van der Waals surface area contributed by atoms with Gasteiger partial charge in [-0.2, -0.15) is 0 Å². The second-order valence-electron chi connectivity index (χ2n) is 7.48. The first kappa shape index (κ1) is 24.5. The minimum Gasteiger partial charge on any atom is -0.462 e. The average Bonchev–Trinajstić information content (AvgIpc) is 2.68. The summed E-state index contributed by atoms with van der Waals surface area (Å²) < 4.78 is 46.3. The van der Waals surface area contributed by atoms with Crippen molar-refractivity contribution in [2.24, 2.45) is 0 Å². The van der Waals surface area contributed by atoms with Crippen LogP contribution in [0.2, 0.25) is 0 Å². The van der Waals surface area contributed by atoms with E-state index in [4.69, 9.17) is 4.74 Å². The molecule has 0 bridgehead atoms. The molecule has 9 nitrogen and oxygen atoms in total. The van der Waals surface area contributed by atoms with Gasteiger partial charge in [-0.3, -0.25) is 0 Å². The molecule has 11 heteroatoms. The number of nitrogens with zero attached hydrogens (tertiary/aromatic N) is 2. The highest BCUT2D eigenvalue weighted by molar-refractivity contribution is 7.90. The summed E-state index contributed by atoms with van der Waals surface area (Å²) >= 11 is 0. The Kier molecular flexibility index (Phi) is 8.28. The van der Waals surface area contributed by atoms with E-state index in [2.05, 4.69) is 20.6 Å². The fourth-order valence-corrected chi connectivity index (χ4v) is 3.58. The van der Waals surface area contributed by atoms with Crippen molar-refractivity contribution in [3.8, 4) is 6.01 Å². The van der Waals surface area contributed by atoms with Gasteiger partial charge in [0.15, 0.2) is 0 Å². The molecule has 2 amide bonds. The molecule has 2 rings (SSSR count). The second kappa shape index (κ2) is 10.5. The van der Waals surface area contributed by atoms with E-state index in [1.165, 1.54) is 12.1 Å². The monoisotopic (exact) mass is 453 g/mol. The lowest BCUT2D eigenvalue weighted by atomic mass is 9.92. The number of sulfonamides is 1. The van der Waals surface area contributed by atoms with Crippen molar-refractivity contribution in [3.05, 3.63) is 41.5 Å². The summed E-state index contributed by atoms with van der Waals surface area (Å²) in [7, 11) is -2.46. The number of rotatable bonds is 9. The molecule has 1 heterocycles. The number of amides is 2. The fourth-order valence-electron chi connectivity index (χ4n) is 2.79. The zero-order chi connectivity index (χ0) is 23.2. The molecular formula is C20H28FN5O4S. The van der Waals surface area contributed by atoms with Gasteiger partial charge in [-0.1, -0.05) is 27.7 Å². The molecule has 0 aliphatic rings. The summed E-state index contributed by atoms with van der Waals surface area (Å²) in [6, 6.07) is 1.72. The number of halogens is 1. The third-order valence-corrected chi connectivity index (χ3v) is 5.66. The SMILES string of the molecule is CNCCOc1ncc(S(=O)(=O)NC(=O)Nc2c(C(C)C)cc(F)cc2C(C)C)cn1. The minimum atomic E-state index is -4.22. The predicted molar refractivity (Wildman–Crippen MR) is 115 cm³/mol. The topological polar surface area (TPSA) is 122 Å². The Balaban J connectivity index is 2.20. The third kappa shape index (κ3) is 6.59. The molecule has 0 aliphatic carbocycles. The number of hydrogen-bond donors (Lipinski definition) is 3. The number of benzene rings is 1. The van der Waals surface area contributed by atoms with E-state index in [0.717, 1.165) is 12.4 Å². The molecule has 0 saturated carbocycles. The van der Waals surface area contributed by atoms with Crippen LogP contribution in [0.15, 0.2) is 29.4 Å². The molecule has 170 valence electrons. The molecule has 31 heavy (non-hydrogen) atoms. The number of hydrogen-bond acceptors (Lipinski definition) is 7. The Morgan fingerprint density at radius 3 is 2.13 bits per heavy atom. The van der Waals surface area contributed by atoms with Crippen molar-refractivity contribution in [3.63, 3.8) is 0 Å². The lowest BCUT2D eigenvalue weighted by molar-refractivity contribution is 0.256. The number of likely N-dealkylation sites (N-methyl/N-ethyl adjacent to an activating group) is 1. The zero-order valence-electron chi connectivity index (χ0n) is 18.2. The molecular weight excluding hydrogens is 425 g/mol. The maximum absolute atomic E-state index is 14.0. The number of anilines is 1. The van der Waals surface area contributed by atoms with Crippen LogP contribution in [0.5, 0.6) is 6.01 Å². The van der Waals surface area contributed by atoms with Gasteiger partial charge in [0, 0.05) is 12.2 Å². The van der Waals surface area contributed by atoms with Gasteiger partial charge < -0.3 is 15.4 Å². The lowest BCUT2D eigenvalue weighted by Crippen LogP contribution is -2.35. The molecule has 0 atom stereocenters. The smallest absolute Gasteiger partial charge is 0.333 e. The van der Waals surface area contributed by atoms with Gasteiger partial charge in [0.25, 0.3) is 10.0 Å². The maximum atomic E-state index is 14.0. The summed E-state index contributed by atoms with van der Waals surface area (Å²) in [5.74, 6) is -0.604. The van der Waals surface area contributed by atoms with Gasteiger partial charge in [-0.05, 0) is 42.1 Å². The van der Waals surface area contributed by atoms with Crippen molar-refractivity contribution in [1.82, 2.24) is 20.0 Å². The van der Waals surface area contributed by atoms with Crippen LogP contribution in [0.4, 0.5) is 14.9 Å². The predicted octanol–water partition coefficient (Wildman–Crippen LogP) is 2.97. The van der Waals surface area contributed by atoms with Crippen LogP contribution in [-0.2, 0) is 10.0 Å². The molecule has 1 aromatic heterocycles. The average molecular weight is 454 g/mol. The molecule has 0 aliphatic heterocycles. The van der Waals surface area contributed by atoms with E-state index >= 15 is 0 Å². The summed E-state index contributed by atoms with van der Waals surface area (Å²) in [4.78, 5) is 19.9. The largest absolute Gasteiger partial charge is 0.462 e. The number of aromatic nitrogens is 2. The molecule has 3 N–H and O–H groups in total. The molecule has 0 saturated heterocycles. The highest BCUT2D eigenvalue weighted by Gasteiger charge is 2.22. The highest BCUT2D eigenvalue weighted by atomic mass is 32.2. The van der Waals surface area contributed by atoms with Crippen molar-refractivity contribution < 1.29 is 22.3 Å². The number of carbonyl (C=O) groups excluding carboxylic acids is 1. The third-order valence-electron chi connectivity index (χ3n) is 4.37. The number of carbonyl (C=O) groups is 1. The quantitative estimate of drug-likeness (QED) is 0.499. The van der Waals surface area contributed by atoms with Crippen molar-refractivity contribution in [1.29, 1.82) is 0 Å². The second-order valence-corrected chi connectivity index (χ2v) is 9.16. The van der Waals surface area contributed by atoms with Gasteiger partial charge in [0.2, 0.25) is 0 Å². The van der Waals surface area contributed by atoms with Crippen LogP contribution in [0.25, 0.3) is 0 Å². The number of ether oxygens (including phenoxy) is 1. The van der Waals surface area contributed by atoms with E-state index < -0.39 is 21.9 Å². The van der Waals surface area contributed by atoms with Gasteiger partial charge in [-0.25, -0.2) is 32.3 Å². The van der Waals surface area contributed by atoms with E-state index in [-0.39, 0.29) is 22.7 Å². The summed E-state index contributed by atoms with van der Waals surface area (Å²) in [6.45, 7) is 8.32. The van der Waals surface area contributed by atoms with Gasteiger partial charge in [-0.15, -0.1) is 0 Å². The number of urea groups is 1. The van der Waals surface area contributed by atoms with Crippen molar-refractivity contribution in [2.75, 3.05) is 25.5 Å². The Morgan fingerprint density at radius 2 is 1.65 bits per heavy atom. The molecule has 0 radical (unpaired) electrons. The highest BCUT2D eigenvalue weighted by Crippen LogP contribution is 2.33. The van der Waals surface area contributed by atoms with Gasteiger partial charge in [0.1, 0.15) is 17.3 Å². The standard InChI is InChI=1S/C20H28FN5O4S/c1-12(2)16-8-14(21)9-17(13(3)4)18(16)25-19(27)26-31(28,29)15-10-23-20(24-11-15)30-7-6-22-5/h8-13,22H,6-7H2,1-5H3,(H2,25,26,27). The normalized spacial score (nSPS) is 11.6. The Labute approximate surface area is 181 Å². The number of nitrogens with one attached hydrogen (secondary N) is 3. The first-order valence-corrected chi connectivity index (χ1v) is 11.3. The van der Waals surface area contributed by atoms with Crippen LogP contribution in [-0.4, -0.2) is 44.6 Å². The van der Waals surface area contributed by atoms with Crippen LogP contribution >= 0.6 is 0 Å². The van der Waals surface area contributed by atoms with Crippen LogP contribution in [0, 0.1) is 5.82 Å². The first-order chi connectivity index (χ1) is 14.5. The van der Waals surface area contributed by atoms with Gasteiger partial charge >= 0.3 is 12.0 Å². The molecule has 0 spiro atoms. The minimum absolute atomic E-state index is 0.0214. The van der Waals surface area contributed by atoms with Crippen LogP contribution in [0.1, 0.15) is 50.7 Å². The van der Waals surface area contributed by atoms with Crippen molar-refractivity contribution in [2.45, 2.75) is 44.4 Å². The fraction of sp³-hybridized carbons (Fsp3) is 0.450. The summed E-state index contributed by atoms with van der Waals surface area (Å²) in [6.07, 6.45) is 2.10. The maximum Gasteiger partial charge on any atom is 0.333 e. The van der Waals surface area contributed by atoms with E-state index in [9.17, 15) is 17.6 Å². The summed E-state index contributed by atoms with van der Waals surface area (Å²) in [5, 5.41) is 5.46. The lowest BCUT2D eigenvalue weighted by Gasteiger charge is -2.20. The molecule has 2 aromatic rings.